The molecule has 2 heterocycles. The van der Waals surface area contributed by atoms with Crippen molar-refractivity contribution in [2.45, 2.75) is 38.3 Å². The van der Waals surface area contributed by atoms with Crippen LogP contribution in [0.1, 0.15) is 31.2 Å². The maximum absolute atomic E-state index is 13.7. The Kier molecular flexibility index (Phi) is 4.32. The van der Waals surface area contributed by atoms with E-state index < -0.39 is 11.6 Å². The van der Waals surface area contributed by atoms with Crippen molar-refractivity contribution in [2.75, 3.05) is 19.6 Å². The van der Waals surface area contributed by atoms with Gasteiger partial charge in [0.1, 0.15) is 11.6 Å². The summed E-state index contributed by atoms with van der Waals surface area (Å²) in [6, 6.07) is 4.53. The molecule has 1 aromatic rings. The summed E-state index contributed by atoms with van der Waals surface area (Å²) >= 11 is 0. The number of rotatable bonds is 3. The Morgan fingerprint density at radius 2 is 2.10 bits per heavy atom. The van der Waals surface area contributed by atoms with Gasteiger partial charge in [0.15, 0.2) is 0 Å². The van der Waals surface area contributed by atoms with E-state index in [0.29, 0.717) is 24.1 Å². The van der Waals surface area contributed by atoms with E-state index in [1.807, 2.05) is 0 Å². The van der Waals surface area contributed by atoms with Gasteiger partial charge < -0.3 is 5.32 Å². The van der Waals surface area contributed by atoms with Gasteiger partial charge in [0, 0.05) is 30.8 Å². The van der Waals surface area contributed by atoms with Gasteiger partial charge in [-0.25, -0.2) is 8.78 Å². The smallest absolute Gasteiger partial charge is 0.130 e. The molecule has 1 N–H and O–H groups in total. The molecule has 0 bridgehead atoms. The van der Waals surface area contributed by atoms with Gasteiger partial charge in [-0.15, -0.1) is 0 Å². The predicted octanol–water partition coefficient (Wildman–Crippen LogP) is 2.93. The standard InChI is InChI=1S/C16H22F2N2/c17-14-6-5-12(15(18)9-14)10-20-8-2-3-13(11-20)16-4-1-7-19-16/h5-6,9,13,16,19H,1-4,7-8,10-11H2. The second-order valence-electron chi connectivity index (χ2n) is 6.08. The molecule has 3 rings (SSSR count). The third-order valence-corrected chi connectivity index (χ3v) is 4.62. The van der Waals surface area contributed by atoms with Crippen molar-refractivity contribution in [2.24, 2.45) is 5.92 Å². The quantitative estimate of drug-likeness (QED) is 0.916. The number of likely N-dealkylation sites (tertiary alicyclic amines) is 1. The number of benzene rings is 1. The number of halogens is 2. The monoisotopic (exact) mass is 280 g/mol. The van der Waals surface area contributed by atoms with Gasteiger partial charge in [0.25, 0.3) is 0 Å². The fraction of sp³-hybridized carbons (Fsp3) is 0.625. The third-order valence-electron chi connectivity index (χ3n) is 4.62. The lowest BCUT2D eigenvalue weighted by atomic mass is 9.89. The van der Waals surface area contributed by atoms with Crippen LogP contribution < -0.4 is 5.32 Å². The Morgan fingerprint density at radius 3 is 2.85 bits per heavy atom. The topological polar surface area (TPSA) is 15.3 Å². The van der Waals surface area contributed by atoms with E-state index >= 15 is 0 Å². The molecule has 2 fully saturated rings. The molecule has 2 saturated heterocycles. The zero-order valence-corrected chi connectivity index (χ0v) is 11.7. The lowest BCUT2D eigenvalue weighted by Crippen LogP contribution is -2.43. The predicted molar refractivity (Wildman–Crippen MR) is 75.4 cm³/mol. The third kappa shape index (κ3) is 3.18. The molecule has 0 aliphatic carbocycles. The molecule has 0 saturated carbocycles. The van der Waals surface area contributed by atoms with Crippen molar-refractivity contribution in [1.82, 2.24) is 10.2 Å². The van der Waals surface area contributed by atoms with Gasteiger partial charge in [-0.3, -0.25) is 4.90 Å². The average Bonchev–Trinajstić information content (AvgIpc) is 2.96. The zero-order valence-electron chi connectivity index (χ0n) is 11.7. The van der Waals surface area contributed by atoms with Crippen LogP contribution in [-0.4, -0.2) is 30.6 Å². The van der Waals surface area contributed by atoms with Crippen LogP contribution in [0, 0.1) is 17.6 Å². The zero-order chi connectivity index (χ0) is 13.9. The summed E-state index contributed by atoms with van der Waals surface area (Å²) in [6.45, 7) is 3.76. The van der Waals surface area contributed by atoms with Crippen LogP contribution in [0.3, 0.4) is 0 Å². The van der Waals surface area contributed by atoms with Gasteiger partial charge >= 0.3 is 0 Å². The van der Waals surface area contributed by atoms with E-state index in [-0.39, 0.29) is 0 Å². The highest BCUT2D eigenvalue weighted by molar-refractivity contribution is 5.18. The van der Waals surface area contributed by atoms with E-state index in [2.05, 4.69) is 10.2 Å². The highest BCUT2D eigenvalue weighted by Crippen LogP contribution is 2.26. The SMILES string of the molecule is Fc1ccc(CN2CCCC(C3CCCN3)C2)c(F)c1. The molecular weight excluding hydrogens is 258 g/mol. The Bertz CT molecular complexity index is 458. The molecule has 0 radical (unpaired) electrons. The van der Waals surface area contributed by atoms with Crippen LogP contribution in [0.2, 0.25) is 0 Å². The van der Waals surface area contributed by atoms with Gasteiger partial charge in [0.2, 0.25) is 0 Å². The molecule has 2 atom stereocenters. The maximum atomic E-state index is 13.7. The number of hydrogen-bond acceptors (Lipinski definition) is 2. The summed E-state index contributed by atoms with van der Waals surface area (Å²) in [4.78, 5) is 2.31. The molecular formula is C16H22F2N2. The summed E-state index contributed by atoms with van der Waals surface area (Å²) in [7, 11) is 0. The van der Waals surface area contributed by atoms with E-state index in [1.165, 1.54) is 31.7 Å². The van der Waals surface area contributed by atoms with E-state index in [0.717, 1.165) is 25.7 Å². The minimum Gasteiger partial charge on any atom is -0.314 e. The van der Waals surface area contributed by atoms with Crippen LogP contribution in [0.4, 0.5) is 8.78 Å². The highest BCUT2D eigenvalue weighted by Gasteiger charge is 2.29. The second-order valence-corrected chi connectivity index (χ2v) is 6.08. The minimum atomic E-state index is -0.502. The van der Waals surface area contributed by atoms with Crippen LogP contribution in [0.25, 0.3) is 0 Å². The summed E-state index contributed by atoms with van der Waals surface area (Å²) in [5.74, 6) is -0.251. The highest BCUT2D eigenvalue weighted by atomic mass is 19.1. The number of nitrogens with one attached hydrogen (secondary N) is 1. The maximum Gasteiger partial charge on any atom is 0.130 e. The number of piperidine rings is 1. The molecule has 0 spiro atoms. The van der Waals surface area contributed by atoms with Crippen molar-refractivity contribution in [1.29, 1.82) is 0 Å². The normalized spacial score (nSPS) is 27.9. The summed E-state index contributed by atoms with van der Waals surface area (Å²) in [5.41, 5.74) is 0.603. The second kappa shape index (κ2) is 6.19. The molecule has 2 nitrogen and oxygen atoms in total. The molecule has 2 aliphatic heterocycles. The van der Waals surface area contributed by atoms with Crippen LogP contribution in [-0.2, 0) is 6.54 Å². The van der Waals surface area contributed by atoms with Crippen molar-refractivity contribution >= 4 is 0 Å². The van der Waals surface area contributed by atoms with Gasteiger partial charge in [0.05, 0.1) is 0 Å². The van der Waals surface area contributed by atoms with Crippen molar-refractivity contribution in [3.05, 3.63) is 35.4 Å². The first kappa shape index (κ1) is 14.0. The number of nitrogens with zero attached hydrogens (tertiary/aromatic N) is 1. The Balaban J connectivity index is 1.62. The average molecular weight is 280 g/mol. The molecule has 0 amide bonds. The lowest BCUT2D eigenvalue weighted by Gasteiger charge is -2.35. The molecule has 2 aliphatic rings. The van der Waals surface area contributed by atoms with Gasteiger partial charge in [-0.05, 0) is 50.8 Å². The first-order chi connectivity index (χ1) is 9.72. The Hall–Kier alpha value is -1.00. The Morgan fingerprint density at radius 1 is 1.20 bits per heavy atom. The van der Waals surface area contributed by atoms with Crippen LogP contribution in [0.5, 0.6) is 0 Å². The van der Waals surface area contributed by atoms with E-state index in [4.69, 9.17) is 0 Å². The van der Waals surface area contributed by atoms with Crippen LogP contribution in [0.15, 0.2) is 18.2 Å². The number of hydrogen-bond donors (Lipinski definition) is 1. The molecule has 2 unspecified atom stereocenters. The first-order valence-electron chi connectivity index (χ1n) is 7.62. The Labute approximate surface area is 119 Å². The fourth-order valence-electron chi connectivity index (χ4n) is 3.57. The molecule has 110 valence electrons. The fourth-order valence-corrected chi connectivity index (χ4v) is 3.57. The molecule has 0 aromatic heterocycles. The van der Waals surface area contributed by atoms with Crippen molar-refractivity contribution in [3.8, 4) is 0 Å². The minimum absolute atomic E-state index is 0.425. The molecule has 20 heavy (non-hydrogen) atoms. The summed E-state index contributed by atoms with van der Waals surface area (Å²) in [5, 5.41) is 3.58. The van der Waals surface area contributed by atoms with Gasteiger partial charge in [-0.1, -0.05) is 6.07 Å². The summed E-state index contributed by atoms with van der Waals surface area (Å²) < 4.78 is 26.7. The van der Waals surface area contributed by atoms with Crippen molar-refractivity contribution < 1.29 is 8.78 Å². The van der Waals surface area contributed by atoms with Gasteiger partial charge in [-0.2, -0.15) is 0 Å². The van der Waals surface area contributed by atoms with Crippen LogP contribution >= 0.6 is 0 Å². The van der Waals surface area contributed by atoms with E-state index in [9.17, 15) is 8.78 Å². The van der Waals surface area contributed by atoms with E-state index in [1.54, 1.807) is 6.07 Å². The molecule has 4 heteroatoms. The first-order valence-corrected chi connectivity index (χ1v) is 7.62. The summed E-state index contributed by atoms with van der Waals surface area (Å²) in [6.07, 6.45) is 4.98. The molecule has 1 aromatic carbocycles. The lowest BCUT2D eigenvalue weighted by molar-refractivity contribution is 0.144. The largest absolute Gasteiger partial charge is 0.314 e. The van der Waals surface area contributed by atoms with Crippen molar-refractivity contribution in [3.63, 3.8) is 0 Å².